The zero-order valence-corrected chi connectivity index (χ0v) is 14.9. The molecule has 0 bridgehead atoms. The van der Waals surface area contributed by atoms with Crippen molar-refractivity contribution < 1.29 is 13.2 Å². The van der Waals surface area contributed by atoms with Crippen LogP contribution in [0.15, 0.2) is 12.3 Å². The first kappa shape index (κ1) is 17.2. The van der Waals surface area contributed by atoms with Crippen molar-refractivity contribution in [2.45, 2.75) is 51.0 Å². The molecule has 1 fully saturated rings. The lowest BCUT2D eigenvalue weighted by atomic mass is 9.96. The normalized spacial score (nSPS) is 21.2. The summed E-state index contributed by atoms with van der Waals surface area (Å²) in [7, 11) is -3.11. The molecule has 0 unspecified atom stereocenters. The number of nitrogens with zero attached hydrogens (tertiary/aromatic N) is 2. The number of aryl methyl sites for hydroxylation is 2. The standard InChI is InChI=1S/C17H25N3O3S/c1-24(22,23)12-15-7-4-5-9-20(15)17(21)19-14-10-13-6-2-3-8-16(13)18-11-14/h10-11,15H,2-9,12H2,1H3,(H,19,21)/t15-/m1/s1. The minimum absolute atomic E-state index is 0.0306. The SMILES string of the molecule is CS(=O)(=O)C[C@H]1CCCCN1C(=O)Nc1cnc2c(c1)CCCC2. The van der Waals surface area contributed by atoms with E-state index in [-0.39, 0.29) is 17.8 Å². The van der Waals surface area contributed by atoms with E-state index in [1.165, 1.54) is 18.2 Å². The molecule has 24 heavy (non-hydrogen) atoms. The van der Waals surface area contributed by atoms with Gasteiger partial charge in [-0.15, -0.1) is 0 Å². The van der Waals surface area contributed by atoms with Gasteiger partial charge in [0.15, 0.2) is 0 Å². The van der Waals surface area contributed by atoms with Gasteiger partial charge in [-0.25, -0.2) is 13.2 Å². The smallest absolute Gasteiger partial charge is 0.321 e. The molecule has 1 aliphatic carbocycles. The molecule has 0 spiro atoms. The number of carbonyl (C=O) groups excluding carboxylic acids is 1. The maximum Gasteiger partial charge on any atom is 0.322 e. The van der Waals surface area contributed by atoms with E-state index in [1.54, 1.807) is 11.1 Å². The molecule has 2 amide bonds. The molecule has 0 radical (unpaired) electrons. The topological polar surface area (TPSA) is 79.4 Å². The molecule has 2 heterocycles. The fraction of sp³-hybridized carbons (Fsp3) is 0.647. The van der Waals surface area contributed by atoms with Crippen LogP contribution in [0.2, 0.25) is 0 Å². The second-order valence-corrected chi connectivity index (χ2v) is 9.09. The molecule has 0 aromatic carbocycles. The highest BCUT2D eigenvalue weighted by Gasteiger charge is 2.29. The third-order valence-corrected chi connectivity index (χ3v) is 5.79. The number of aromatic nitrogens is 1. The van der Waals surface area contributed by atoms with Crippen molar-refractivity contribution in [1.82, 2.24) is 9.88 Å². The first-order chi connectivity index (χ1) is 11.4. The Morgan fingerprint density at radius 1 is 1.29 bits per heavy atom. The van der Waals surface area contributed by atoms with Gasteiger partial charge >= 0.3 is 6.03 Å². The van der Waals surface area contributed by atoms with E-state index in [4.69, 9.17) is 0 Å². The van der Waals surface area contributed by atoms with Crippen LogP contribution in [-0.4, -0.2) is 48.9 Å². The van der Waals surface area contributed by atoms with Crippen molar-refractivity contribution in [3.8, 4) is 0 Å². The van der Waals surface area contributed by atoms with Crippen molar-refractivity contribution >= 4 is 21.6 Å². The summed E-state index contributed by atoms with van der Waals surface area (Å²) in [4.78, 5) is 18.8. The molecule has 1 N–H and O–H groups in total. The number of carbonyl (C=O) groups is 1. The third-order valence-electron chi connectivity index (χ3n) is 4.80. The van der Waals surface area contributed by atoms with Crippen LogP contribution in [0, 0.1) is 0 Å². The summed E-state index contributed by atoms with van der Waals surface area (Å²) in [5, 5.41) is 2.91. The van der Waals surface area contributed by atoms with Gasteiger partial charge in [-0.3, -0.25) is 4.98 Å². The third kappa shape index (κ3) is 4.26. The molecule has 1 aliphatic heterocycles. The van der Waals surface area contributed by atoms with Crippen molar-refractivity contribution in [3.63, 3.8) is 0 Å². The minimum Gasteiger partial charge on any atom is -0.321 e. The van der Waals surface area contributed by atoms with E-state index >= 15 is 0 Å². The monoisotopic (exact) mass is 351 g/mol. The van der Waals surface area contributed by atoms with Crippen LogP contribution < -0.4 is 5.32 Å². The van der Waals surface area contributed by atoms with Gasteiger partial charge < -0.3 is 10.2 Å². The predicted molar refractivity (Wildman–Crippen MR) is 94.0 cm³/mol. The lowest BCUT2D eigenvalue weighted by Gasteiger charge is -2.35. The van der Waals surface area contributed by atoms with Crippen molar-refractivity contribution in [2.24, 2.45) is 0 Å². The van der Waals surface area contributed by atoms with Crippen molar-refractivity contribution in [3.05, 3.63) is 23.5 Å². The number of amides is 2. The Bertz CT molecular complexity index is 718. The summed E-state index contributed by atoms with van der Waals surface area (Å²) in [6.07, 6.45) is 9.89. The highest BCUT2D eigenvalue weighted by molar-refractivity contribution is 7.90. The van der Waals surface area contributed by atoms with Gasteiger partial charge in [-0.05, 0) is 56.6 Å². The first-order valence-corrected chi connectivity index (χ1v) is 10.7. The van der Waals surface area contributed by atoms with Gasteiger partial charge in [-0.2, -0.15) is 0 Å². The highest BCUT2D eigenvalue weighted by Crippen LogP contribution is 2.23. The Balaban J connectivity index is 1.70. The summed E-state index contributed by atoms with van der Waals surface area (Å²) in [5.74, 6) is 0.0306. The van der Waals surface area contributed by atoms with Crippen molar-refractivity contribution in [1.29, 1.82) is 0 Å². The lowest BCUT2D eigenvalue weighted by molar-refractivity contribution is 0.171. The van der Waals surface area contributed by atoms with E-state index in [2.05, 4.69) is 10.3 Å². The summed E-state index contributed by atoms with van der Waals surface area (Å²) < 4.78 is 23.2. The van der Waals surface area contributed by atoms with Crippen LogP contribution in [0.25, 0.3) is 0 Å². The zero-order valence-electron chi connectivity index (χ0n) is 14.1. The molecule has 1 aromatic rings. The molecule has 1 aromatic heterocycles. The summed E-state index contributed by atoms with van der Waals surface area (Å²) in [6.45, 7) is 0.602. The predicted octanol–water partition coefficient (Wildman–Crippen LogP) is 2.39. The van der Waals surface area contributed by atoms with Gasteiger partial charge in [0, 0.05) is 24.5 Å². The Hall–Kier alpha value is -1.63. The number of sulfone groups is 1. The molecule has 1 saturated heterocycles. The number of piperidine rings is 1. The lowest BCUT2D eigenvalue weighted by Crippen LogP contribution is -2.48. The highest BCUT2D eigenvalue weighted by atomic mass is 32.2. The zero-order chi connectivity index (χ0) is 17.2. The Morgan fingerprint density at radius 2 is 2.08 bits per heavy atom. The maximum atomic E-state index is 12.6. The number of pyridine rings is 1. The van der Waals surface area contributed by atoms with E-state index in [0.717, 1.165) is 44.2 Å². The maximum absolute atomic E-state index is 12.6. The molecule has 6 nitrogen and oxygen atoms in total. The average molecular weight is 351 g/mol. The van der Waals surface area contributed by atoms with Crippen LogP contribution in [0.3, 0.4) is 0 Å². The van der Waals surface area contributed by atoms with Gasteiger partial charge in [0.2, 0.25) is 0 Å². The Morgan fingerprint density at radius 3 is 2.88 bits per heavy atom. The van der Waals surface area contributed by atoms with Crippen LogP contribution >= 0.6 is 0 Å². The molecule has 3 rings (SSSR count). The van der Waals surface area contributed by atoms with Crippen LogP contribution in [0.5, 0.6) is 0 Å². The van der Waals surface area contributed by atoms with Gasteiger partial charge in [0.05, 0.1) is 17.6 Å². The molecular weight excluding hydrogens is 326 g/mol. The molecule has 7 heteroatoms. The fourth-order valence-corrected chi connectivity index (χ4v) is 4.69. The molecule has 132 valence electrons. The number of hydrogen-bond acceptors (Lipinski definition) is 4. The van der Waals surface area contributed by atoms with E-state index in [1.807, 2.05) is 6.07 Å². The minimum atomic E-state index is -3.11. The van der Waals surface area contributed by atoms with Crippen LogP contribution in [0.4, 0.5) is 10.5 Å². The number of nitrogens with one attached hydrogen (secondary N) is 1. The first-order valence-electron chi connectivity index (χ1n) is 8.65. The molecule has 0 saturated carbocycles. The van der Waals surface area contributed by atoms with Crippen LogP contribution in [-0.2, 0) is 22.7 Å². The van der Waals surface area contributed by atoms with Gasteiger partial charge in [0.25, 0.3) is 0 Å². The number of hydrogen-bond donors (Lipinski definition) is 1. The number of likely N-dealkylation sites (tertiary alicyclic amines) is 1. The van der Waals surface area contributed by atoms with E-state index in [9.17, 15) is 13.2 Å². The van der Waals surface area contributed by atoms with Gasteiger partial charge in [0.1, 0.15) is 9.84 Å². The number of rotatable bonds is 3. The van der Waals surface area contributed by atoms with Gasteiger partial charge in [-0.1, -0.05) is 0 Å². The number of fused-ring (bicyclic) bond motifs is 1. The summed E-state index contributed by atoms with van der Waals surface area (Å²) in [5.41, 5.74) is 3.04. The fourth-order valence-electron chi connectivity index (χ4n) is 3.64. The molecule has 2 aliphatic rings. The second kappa shape index (κ2) is 7.09. The largest absolute Gasteiger partial charge is 0.322 e. The van der Waals surface area contributed by atoms with Crippen LogP contribution in [0.1, 0.15) is 43.4 Å². The summed E-state index contributed by atoms with van der Waals surface area (Å²) >= 11 is 0. The average Bonchev–Trinajstić information content (AvgIpc) is 2.53. The second-order valence-electron chi connectivity index (χ2n) is 6.90. The quantitative estimate of drug-likeness (QED) is 0.907. The van der Waals surface area contributed by atoms with Crippen molar-refractivity contribution in [2.75, 3.05) is 23.9 Å². The summed E-state index contributed by atoms with van der Waals surface area (Å²) in [6, 6.07) is 1.55. The number of urea groups is 1. The van der Waals surface area contributed by atoms with E-state index in [0.29, 0.717) is 12.2 Å². The molecule has 1 atom stereocenters. The van der Waals surface area contributed by atoms with E-state index < -0.39 is 9.84 Å². The Kier molecular flexibility index (Phi) is 5.08. The molecular formula is C17H25N3O3S. The Labute approximate surface area is 143 Å². The number of anilines is 1.